The molecular weight excluding hydrogens is 259 g/mol. The van der Waals surface area contributed by atoms with E-state index in [2.05, 4.69) is 9.88 Å². The number of halogens is 1. The average Bonchev–Trinajstić information content (AvgIpc) is 2.88. The summed E-state index contributed by atoms with van der Waals surface area (Å²) in [4.78, 5) is 6.45. The third-order valence-electron chi connectivity index (χ3n) is 3.88. The predicted molar refractivity (Wildman–Crippen MR) is 75.6 cm³/mol. The Hall–Kier alpha value is -1.88. The molecule has 0 radical (unpaired) electrons. The fourth-order valence-corrected chi connectivity index (χ4v) is 2.93. The van der Waals surface area contributed by atoms with Crippen molar-refractivity contribution < 1.29 is 14.6 Å². The highest BCUT2D eigenvalue weighted by Gasteiger charge is 2.26. The third-order valence-corrected chi connectivity index (χ3v) is 3.88. The van der Waals surface area contributed by atoms with E-state index in [1.165, 1.54) is 12.1 Å². The van der Waals surface area contributed by atoms with Crippen molar-refractivity contribution in [1.82, 2.24) is 4.98 Å². The van der Waals surface area contributed by atoms with Gasteiger partial charge in [0.15, 0.2) is 11.6 Å². The summed E-state index contributed by atoms with van der Waals surface area (Å²) >= 11 is 0. The van der Waals surface area contributed by atoms with E-state index in [-0.39, 0.29) is 18.4 Å². The van der Waals surface area contributed by atoms with Crippen LogP contribution in [-0.4, -0.2) is 34.4 Å². The van der Waals surface area contributed by atoms with Crippen molar-refractivity contribution in [1.29, 1.82) is 0 Å². The summed E-state index contributed by atoms with van der Waals surface area (Å²) in [5, 5.41) is 19.6. The van der Waals surface area contributed by atoms with Crippen LogP contribution in [-0.2, 0) is 0 Å². The molecule has 2 heterocycles. The van der Waals surface area contributed by atoms with E-state index in [0.29, 0.717) is 10.9 Å². The second kappa shape index (κ2) is 4.90. The Bertz CT molecular complexity index is 660. The Morgan fingerprint density at radius 2 is 2.20 bits per heavy atom. The van der Waals surface area contributed by atoms with Crippen LogP contribution in [0.25, 0.3) is 10.9 Å². The van der Waals surface area contributed by atoms with E-state index < -0.39 is 5.82 Å². The Labute approximate surface area is 116 Å². The molecule has 1 aromatic carbocycles. The largest absolute Gasteiger partial charge is 0.505 e. The van der Waals surface area contributed by atoms with E-state index >= 15 is 0 Å². The second-order valence-corrected chi connectivity index (χ2v) is 5.28. The van der Waals surface area contributed by atoms with Crippen LogP contribution in [0.3, 0.4) is 0 Å². The summed E-state index contributed by atoms with van der Waals surface area (Å²) in [6, 6.07) is 4.65. The van der Waals surface area contributed by atoms with Crippen LogP contribution in [0.4, 0.5) is 10.1 Å². The van der Waals surface area contributed by atoms with Gasteiger partial charge >= 0.3 is 0 Å². The molecule has 0 amide bonds. The number of anilines is 1. The normalized spacial score (nSPS) is 18.9. The van der Waals surface area contributed by atoms with Gasteiger partial charge in [0, 0.05) is 29.4 Å². The molecule has 1 aromatic heterocycles. The fourth-order valence-electron chi connectivity index (χ4n) is 2.93. The van der Waals surface area contributed by atoms with E-state index in [0.717, 1.165) is 30.8 Å². The monoisotopic (exact) mass is 276 g/mol. The van der Waals surface area contributed by atoms with E-state index in [4.69, 9.17) is 0 Å². The van der Waals surface area contributed by atoms with Gasteiger partial charge in [0.2, 0.25) is 0 Å². The number of aliphatic hydroxyl groups excluding tert-OH is 1. The molecule has 0 spiro atoms. The van der Waals surface area contributed by atoms with Gasteiger partial charge in [-0.1, -0.05) is 0 Å². The number of aromatic nitrogens is 1. The fraction of sp³-hybridized carbons (Fsp3) is 0.400. The lowest BCUT2D eigenvalue weighted by Crippen LogP contribution is -2.32. The van der Waals surface area contributed by atoms with Crippen LogP contribution in [0.2, 0.25) is 0 Å². The number of aliphatic hydroxyl groups is 1. The van der Waals surface area contributed by atoms with Crippen LogP contribution >= 0.6 is 0 Å². The molecule has 106 valence electrons. The Morgan fingerprint density at radius 3 is 2.95 bits per heavy atom. The quantitative estimate of drug-likeness (QED) is 0.884. The third kappa shape index (κ3) is 2.08. The minimum absolute atomic E-state index is 0.0665. The first-order valence-corrected chi connectivity index (χ1v) is 6.77. The minimum Gasteiger partial charge on any atom is -0.505 e. The molecule has 1 aliphatic rings. The molecule has 5 heteroatoms. The van der Waals surface area contributed by atoms with Crippen molar-refractivity contribution >= 4 is 16.6 Å². The molecule has 1 saturated heterocycles. The predicted octanol–water partition coefficient (Wildman–Crippen LogP) is 2.35. The maximum Gasteiger partial charge on any atom is 0.165 e. The number of pyridine rings is 1. The van der Waals surface area contributed by atoms with Gasteiger partial charge in [-0.3, -0.25) is 4.98 Å². The topological polar surface area (TPSA) is 56.6 Å². The van der Waals surface area contributed by atoms with E-state index in [9.17, 15) is 14.6 Å². The molecule has 1 atom stereocenters. The zero-order chi connectivity index (χ0) is 14.3. The average molecular weight is 276 g/mol. The molecule has 1 fully saturated rings. The maximum absolute atomic E-state index is 13.6. The van der Waals surface area contributed by atoms with Crippen LogP contribution < -0.4 is 4.90 Å². The highest BCUT2D eigenvalue weighted by molar-refractivity contribution is 5.93. The molecule has 1 aliphatic heterocycles. The van der Waals surface area contributed by atoms with Crippen molar-refractivity contribution in [2.75, 3.05) is 18.1 Å². The van der Waals surface area contributed by atoms with Gasteiger partial charge in [0.25, 0.3) is 0 Å². The van der Waals surface area contributed by atoms with Crippen LogP contribution in [0.1, 0.15) is 18.5 Å². The second-order valence-electron chi connectivity index (χ2n) is 5.28. The lowest BCUT2D eigenvalue weighted by atomic mass is 10.1. The number of benzene rings is 1. The number of nitrogens with zero attached hydrogens (tertiary/aromatic N) is 2. The SMILES string of the molecule is Cc1cc(N2CCCC2CO)c2cc(F)c(O)cc2n1. The van der Waals surface area contributed by atoms with Gasteiger partial charge in [-0.25, -0.2) is 4.39 Å². The smallest absolute Gasteiger partial charge is 0.165 e. The van der Waals surface area contributed by atoms with Gasteiger partial charge < -0.3 is 15.1 Å². The highest BCUT2D eigenvalue weighted by atomic mass is 19.1. The van der Waals surface area contributed by atoms with Crippen LogP contribution in [0.5, 0.6) is 5.75 Å². The Morgan fingerprint density at radius 1 is 1.40 bits per heavy atom. The lowest BCUT2D eigenvalue weighted by molar-refractivity contribution is 0.266. The van der Waals surface area contributed by atoms with Gasteiger partial charge in [-0.2, -0.15) is 0 Å². The van der Waals surface area contributed by atoms with Crippen molar-refractivity contribution in [3.8, 4) is 5.75 Å². The van der Waals surface area contributed by atoms with Gasteiger partial charge in [-0.05, 0) is 31.9 Å². The summed E-state index contributed by atoms with van der Waals surface area (Å²) in [5.74, 6) is -1.04. The standard InChI is InChI=1S/C15H17FN2O2/c1-9-5-14(18-4-2-3-10(18)8-19)11-6-12(16)15(20)7-13(11)17-9/h5-7,10,19-20H,2-4,8H2,1H3. The molecule has 3 rings (SSSR count). The van der Waals surface area contributed by atoms with Gasteiger partial charge in [0.05, 0.1) is 18.2 Å². The minimum atomic E-state index is -0.649. The molecular formula is C15H17FN2O2. The van der Waals surface area contributed by atoms with E-state index in [1.807, 2.05) is 13.0 Å². The summed E-state index contributed by atoms with van der Waals surface area (Å²) in [7, 11) is 0. The molecule has 0 aliphatic carbocycles. The zero-order valence-electron chi connectivity index (χ0n) is 11.3. The van der Waals surface area contributed by atoms with Crippen molar-refractivity contribution in [2.45, 2.75) is 25.8 Å². The molecule has 0 bridgehead atoms. The first kappa shape index (κ1) is 13.1. The van der Waals surface area contributed by atoms with E-state index in [1.54, 1.807) is 0 Å². The van der Waals surface area contributed by atoms with Crippen molar-refractivity contribution in [2.24, 2.45) is 0 Å². The van der Waals surface area contributed by atoms with Gasteiger partial charge in [0.1, 0.15) is 0 Å². The molecule has 2 N–H and O–H groups in total. The molecule has 4 nitrogen and oxygen atoms in total. The number of hydrogen-bond acceptors (Lipinski definition) is 4. The lowest BCUT2D eigenvalue weighted by Gasteiger charge is -2.27. The number of fused-ring (bicyclic) bond motifs is 1. The molecule has 2 aromatic rings. The highest BCUT2D eigenvalue weighted by Crippen LogP contribution is 2.34. The summed E-state index contributed by atoms with van der Waals surface area (Å²) in [6.07, 6.45) is 1.94. The van der Waals surface area contributed by atoms with Crippen molar-refractivity contribution in [3.05, 3.63) is 29.7 Å². The van der Waals surface area contributed by atoms with Crippen LogP contribution in [0, 0.1) is 12.7 Å². The molecule has 0 saturated carbocycles. The summed E-state index contributed by atoms with van der Waals surface area (Å²) < 4.78 is 13.6. The molecule has 1 unspecified atom stereocenters. The first-order valence-electron chi connectivity index (χ1n) is 6.77. The van der Waals surface area contributed by atoms with Crippen molar-refractivity contribution in [3.63, 3.8) is 0 Å². The summed E-state index contributed by atoms with van der Waals surface area (Å²) in [5.41, 5.74) is 2.26. The number of hydrogen-bond donors (Lipinski definition) is 2. The zero-order valence-corrected chi connectivity index (χ0v) is 11.3. The number of phenolic OH excluding ortho intramolecular Hbond substituents is 1. The Kier molecular flexibility index (Phi) is 3.22. The number of aromatic hydroxyl groups is 1. The Balaban J connectivity index is 2.21. The number of phenols is 1. The first-order chi connectivity index (χ1) is 9.60. The maximum atomic E-state index is 13.6. The summed E-state index contributed by atoms with van der Waals surface area (Å²) in [6.45, 7) is 2.79. The number of rotatable bonds is 2. The molecule has 20 heavy (non-hydrogen) atoms. The van der Waals surface area contributed by atoms with Gasteiger partial charge in [-0.15, -0.1) is 0 Å². The number of aryl methyl sites for hydroxylation is 1. The van der Waals surface area contributed by atoms with Crippen LogP contribution in [0.15, 0.2) is 18.2 Å².